The zero-order valence-electron chi connectivity index (χ0n) is 17.5. The molecule has 1 saturated heterocycles. The maximum absolute atomic E-state index is 12.7. The van der Waals surface area contributed by atoms with Gasteiger partial charge in [0.25, 0.3) is 5.56 Å². The number of alkyl halides is 2. The number of anilines is 1. The van der Waals surface area contributed by atoms with Crippen molar-refractivity contribution in [1.82, 2.24) is 29.2 Å². The van der Waals surface area contributed by atoms with Crippen LogP contribution in [-0.2, 0) is 13.6 Å². The van der Waals surface area contributed by atoms with Crippen LogP contribution in [0.1, 0.15) is 17.6 Å². The van der Waals surface area contributed by atoms with Crippen LogP contribution in [0.3, 0.4) is 0 Å². The van der Waals surface area contributed by atoms with Gasteiger partial charge in [-0.1, -0.05) is 5.16 Å². The van der Waals surface area contributed by atoms with E-state index >= 15 is 0 Å². The van der Waals surface area contributed by atoms with Gasteiger partial charge in [0.05, 0.1) is 6.33 Å². The van der Waals surface area contributed by atoms with E-state index in [9.17, 15) is 13.6 Å². The molecule has 0 radical (unpaired) electrons. The van der Waals surface area contributed by atoms with Crippen molar-refractivity contribution in [3.8, 4) is 5.75 Å². The van der Waals surface area contributed by atoms with Gasteiger partial charge in [0.15, 0.2) is 17.0 Å². The summed E-state index contributed by atoms with van der Waals surface area (Å²) >= 11 is 0. The second kappa shape index (κ2) is 7.36. The van der Waals surface area contributed by atoms with Crippen molar-refractivity contribution in [3.63, 3.8) is 0 Å². The van der Waals surface area contributed by atoms with E-state index in [1.807, 2.05) is 0 Å². The molecule has 1 aromatic carbocycles. The number of nitrogens with zero attached hydrogens (tertiary/aromatic N) is 7. The average Bonchev–Trinajstić information content (AvgIpc) is 3.20. The Bertz CT molecular complexity index is 1370. The van der Waals surface area contributed by atoms with Crippen LogP contribution in [0.15, 0.2) is 46.2 Å². The predicted octanol–water partition coefficient (Wildman–Crippen LogP) is 2.01. The summed E-state index contributed by atoms with van der Waals surface area (Å²) in [4.78, 5) is 27.7. The molecule has 3 aromatic heterocycles. The quantitative estimate of drug-likeness (QED) is 0.435. The third-order valence-electron chi connectivity index (χ3n) is 6.41. The van der Waals surface area contributed by atoms with Crippen LogP contribution in [0.25, 0.3) is 11.2 Å². The van der Waals surface area contributed by atoms with Gasteiger partial charge in [-0.3, -0.25) is 9.36 Å². The number of benzene rings is 1. The number of imidazole rings is 1. The first-order valence-corrected chi connectivity index (χ1v) is 10.5. The van der Waals surface area contributed by atoms with E-state index in [4.69, 9.17) is 4.52 Å². The molecule has 2 fully saturated rings. The number of hydrogen-bond acceptors (Lipinski definition) is 8. The van der Waals surface area contributed by atoms with Crippen molar-refractivity contribution in [1.29, 1.82) is 0 Å². The van der Waals surface area contributed by atoms with Crippen LogP contribution in [0, 0.1) is 11.8 Å². The lowest BCUT2D eigenvalue weighted by atomic mass is 10.2. The summed E-state index contributed by atoms with van der Waals surface area (Å²) in [6.45, 7) is -1.03. The first kappa shape index (κ1) is 19.8. The van der Waals surface area contributed by atoms with E-state index in [-0.39, 0.29) is 23.8 Å². The normalized spacial score (nSPS) is 21.7. The number of halogens is 2. The number of fused-ring (bicyclic) bond motifs is 2. The second-order valence-electron chi connectivity index (χ2n) is 8.38. The van der Waals surface area contributed by atoms with Gasteiger partial charge in [-0.25, -0.2) is 9.97 Å². The van der Waals surface area contributed by atoms with Crippen LogP contribution < -0.4 is 15.2 Å². The monoisotopic (exact) mass is 455 g/mol. The minimum absolute atomic E-state index is 0.140. The fourth-order valence-electron chi connectivity index (χ4n) is 4.76. The Hall–Kier alpha value is -3.83. The standard InChI is InChI=1S/C21H19F2N7O3/c1-28-9-24-19-17(28)20(31)30(10-25-19)8-15-26-18(27-33-15)16-13-6-29(7-14(13)16)11-2-4-12(5-3-11)32-21(22)23/h2-5,9-10,13-14,16,21H,6-8H2,1H3/t13-,14?,16+/m0/s1. The number of rotatable bonds is 6. The van der Waals surface area contributed by atoms with Gasteiger partial charge < -0.3 is 18.7 Å². The largest absolute Gasteiger partial charge is 0.435 e. The number of hydrogen-bond donors (Lipinski definition) is 0. The van der Waals surface area contributed by atoms with Gasteiger partial charge in [0.1, 0.15) is 18.6 Å². The minimum atomic E-state index is -2.83. The lowest BCUT2D eigenvalue weighted by molar-refractivity contribution is -0.0498. The minimum Gasteiger partial charge on any atom is -0.435 e. The van der Waals surface area contributed by atoms with Crippen molar-refractivity contribution >= 4 is 16.9 Å². The second-order valence-corrected chi connectivity index (χ2v) is 8.38. The van der Waals surface area contributed by atoms with E-state index in [1.165, 1.54) is 10.9 Å². The molecule has 4 heterocycles. The molecule has 1 saturated carbocycles. The smallest absolute Gasteiger partial charge is 0.387 e. The van der Waals surface area contributed by atoms with Crippen LogP contribution in [-0.4, -0.2) is 48.9 Å². The molecule has 3 atom stereocenters. The molecule has 1 unspecified atom stereocenters. The summed E-state index contributed by atoms with van der Waals surface area (Å²) in [7, 11) is 1.74. The summed E-state index contributed by atoms with van der Waals surface area (Å²) in [6, 6.07) is 6.67. The summed E-state index contributed by atoms with van der Waals surface area (Å²) in [5.41, 5.74) is 1.57. The van der Waals surface area contributed by atoms with Crippen molar-refractivity contribution < 1.29 is 18.0 Å². The van der Waals surface area contributed by atoms with Crippen molar-refractivity contribution in [3.05, 3.63) is 59.0 Å². The van der Waals surface area contributed by atoms with E-state index < -0.39 is 6.61 Å². The molecule has 6 rings (SSSR count). The molecule has 1 aliphatic heterocycles. The maximum atomic E-state index is 12.7. The number of aromatic nitrogens is 6. The summed E-state index contributed by atoms with van der Waals surface area (Å²) in [5, 5.41) is 4.15. The van der Waals surface area contributed by atoms with Crippen LogP contribution in [0.2, 0.25) is 0 Å². The van der Waals surface area contributed by atoms with E-state index in [0.717, 1.165) is 18.8 Å². The van der Waals surface area contributed by atoms with Gasteiger partial charge in [0, 0.05) is 31.7 Å². The molecule has 170 valence electrons. The Labute approximate surface area is 185 Å². The topological polar surface area (TPSA) is 104 Å². The Balaban J connectivity index is 1.11. The van der Waals surface area contributed by atoms with Crippen LogP contribution in [0.4, 0.5) is 14.5 Å². The van der Waals surface area contributed by atoms with E-state index in [2.05, 4.69) is 29.7 Å². The Morgan fingerprint density at radius 2 is 1.88 bits per heavy atom. The summed E-state index contributed by atoms with van der Waals surface area (Å²) in [6.07, 6.45) is 2.98. The zero-order chi connectivity index (χ0) is 22.7. The highest BCUT2D eigenvalue weighted by atomic mass is 19.3. The fraction of sp³-hybridized carbons (Fsp3) is 0.381. The first-order valence-electron chi connectivity index (χ1n) is 10.5. The van der Waals surface area contributed by atoms with Gasteiger partial charge in [-0.05, 0) is 36.1 Å². The molecule has 0 amide bonds. The molecule has 2 aliphatic rings. The van der Waals surface area contributed by atoms with Crippen molar-refractivity contribution in [2.75, 3.05) is 18.0 Å². The fourth-order valence-corrected chi connectivity index (χ4v) is 4.76. The highest BCUT2D eigenvalue weighted by Gasteiger charge is 2.58. The Morgan fingerprint density at radius 3 is 2.61 bits per heavy atom. The number of ether oxygens (including phenoxy) is 1. The SMILES string of the molecule is Cn1cnc2ncn(Cc3nc([C@H]4C5CN(c6ccc(OC(F)F)cc6)C[C@@H]54)no3)c(=O)c21. The first-order chi connectivity index (χ1) is 16.0. The average molecular weight is 455 g/mol. The lowest BCUT2D eigenvalue weighted by Crippen LogP contribution is -2.23. The molecule has 33 heavy (non-hydrogen) atoms. The predicted molar refractivity (Wildman–Crippen MR) is 111 cm³/mol. The summed E-state index contributed by atoms with van der Waals surface area (Å²) < 4.78 is 37.5. The molecule has 1 aliphatic carbocycles. The van der Waals surface area contributed by atoms with Crippen LogP contribution in [0.5, 0.6) is 5.75 Å². The lowest BCUT2D eigenvalue weighted by Gasteiger charge is -2.21. The Morgan fingerprint density at radius 1 is 1.15 bits per heavy atom. The third-order valence-corrected chi connectivity index (χ3v) is 6.41. The maximum Gasteiger partial charge on any atom is 0.387 e. The molecular weight excluding hydrogens is 436 g/mol. The van der Waals surface area contributed by atoms with Gasteiger partial charge in [-0.2, -0.15) is 13.8 Å². The molecular formula is C21H19F2N7O3. The number of piperidine rings is 1. The van der Waals surface area contributed by atoms with E-state index in [0.29, 0.717) is 34.7 Å². The van der Waals surface area contributed by atoms with Crippen molar-refractivity contribution in [2.45, 2.75) is 19.1 Å². The molecule has 0 spiro atoms. The number of aryl methyl sites for hydroxylation is 1. The molecule has 4 aromatic rings. The zero-order valence-corrected chi connectivity index (χ0v) is 17.5. The van der Waals surface area contributed by atoms with E-state index in [1.54, 1.807) is 42.2 Å². The molecule has 0 N–H and O–H groups in total. The molecule has 12 heteroatoms. The van der Waals surface area contributed by atoms with Crippen LogP contribution >= 0.6 is 0 Å². The highest BCUT2D eigenvalue weighted by molar-refractivity contribution is 5.68. The highest BCUT2D eigenvalue weighted by Crippen LogP contribution is 2.57. The third kappa shape index (κ3) is 3.41. The molecule has 10 nitrogen and oxygen atoms in total. The van der Waals surface area contributed by atoms with Gasteiger partial charge >= 0.3 is 6.61 Å². The molecule has 0 bridgehead atoms. The summed E-state index contributed by atoms with van der Waals surface area (Å²) in [5.74, 6) is 2.18. The van der Waals surface area contributed by atoms with Crippen molar-refractivity contribution in [2.24, 2.45) is 18.9 Å². The Kier molecular flexibility index (Phi) is 4.42. The van der Waals surface area contributed by atoms with Gasteiger partial charge in [-0.15, -0.1) is 0 Å². The van der Waals surface area contributed by atoms with Gasteiger partial charge in [0.2, 0.25) is 5.89 Å².